The Morgan fingerprint density at radius 2 is 1.91 bits per heavy atom. The first kappa shape index (κ1) is 22.0. The zero-order chi connectivity index (χ0) is 23.0. The summed E-state index contributed by atoms with van der Waals surface area (Å²) in [5.41, 5.74) is 5.27. The number of hydrogen-bond acceptors (Lipinski definition) is 5. The highest BCUT2D eigenvalue weighted by Crippen LogP contribution is 2.43. The molecule has 4 rings (SSSR count). The van der Waals surface area contributed by atoms with E-state index in [2.05, 4.69) is 53.4 Å². The van der Waals surface area contributed by atoms with E-state index >= 15 is 0 Å². The molecule has 0 spiro atoms. The quantitative estimate of drug-likeness (QED) is 0.793. The summed E-state index contributed by atoms with van der Waals surface area (Å²) >= 11 is 0. The van der Waals surface area contributed by atoms with Gasteiger partial charge in [-0.1, -0.05) is 19.1 Å². The largest absolute Gasteiger partial charge is 0.347 e. The summed E-state index contributed by atoms with van der Waals surface area (Å²) in [4.78, 5) is 36.9. The first-order valence-corrected chi connectivity index (χ1v) is 11.2. The summed E-state index contributed by atoms with van der Waals surface area (Å²) in [6, 6.07) is 8.21. The fourth-order valence-electron chi connectivity index (χ4n) is 4.78. The van der Waals surface area contributed by atoms with Crippen molar-refractivity contribution in [3.8, 4) is 0 Å². The minimum Gasteiger partial charge on any atom is -0.347 e. The Kier molecular flexibility index (Phi) is 6.00. The fourth-order valence-corrected chi connectivity index (χ4v) is 4.78. The summed E-state index contributed by atoms with van der Waals surface area (Å²) in [6.45, 7) is 10.8. The molecule has 0 saturated heterocycles. The van der Waals surface area contributed by atoms with Gasteiger partial charge < -0.3 is 15.1 Å². The number of amides is 2. The van der Waals surface area contributed by atoms with Gasteiger partial charge in [-0.15, -0.1) is 0 Å². The minimum absolute atomic E-state index is 0.0322. The highest BCUT2D eigenvalue weighted by Gasteiger charge is 2.38. The van der Waals surface area contributed by atoms with E-state index in [0.717, 1.165) is 35.5 Å². The van der Waals surface area contributed by atoms with E-state index < -0.39 is 0 Å². The predicted molar refractivity (Wildman–Crippen MR) is 126 cm³/mol. The second-order valence-corrected chi connectivity index (χ2v) is 8.85. The van der Waals surface area contributed by atoms with Gasteiger partial charge >= 0.3 is 0 Å². The van der Waals surface area contributed by atoms with Crippen LogP contribution in [0.25, 0.3) is 5.57 Å². The van der Waals surface area contributed by atoms with Crippen LogP contribution in [0.5, 0.6) is 0 Å². The van der Waals surface area contributed by atoms with Gasteiger partial charge in [0, 0.05) is 56.5 Å². The Labute approximate surface area is 189 Å². The summed E-state index contributed by atoms with van der Waals surface area (Å²) in [6.07, 6.45) is 4.71. The Balaban J connectivity index is 1.75. The van der Waals surface area contributed by atoms with Crippen LogP contribution in [0, 0.1) is 12.8 Å². The number of nitrogens with one attached hydrogen (secondary N) is 1. The molecular weight excluding hydrogens is 402 g/mol. The molecule has 2 amide bonds. The van der Waals surface area contributed by atoms with Gasteiger partial charge in [-0.3, -0.25) is 9.59 Å². The number of anilines is 2. The van der Waals surface area contributed by atoms with E-state index in [1.807, 2.05) is 22.8 Å². The van der Waals surface area contributed by atoms with Crippen LogP contribution in [-0.4, -0.2) is 45.8 Å². The first-order chi connectivity index (χ1) is 15.3. The van der Waals surface area contributed by atoms with Gasteiger partial charge in [0.1, 0.15) is 0 Å². The highest BCUT2D eigenvalue weighted by atomic mass is 16.2. The van der Waals surface area contributed by atoms with Crippen LogP contribution >= 0.6 is 0 Å². The van der Waals surface area contributed by atoms with E-state index in [9.17, 15) is 9.59 Å². The first-order valence-electron chi connectivity index (χ1n) is 11.2. The summed E-state index contributed by atoms with van der Waals surface area (Å²) in [7, 11) is 0. The molecule has 1 N–H and O–H groups in total. The Bertz CT molecular complexity index is 1080. The van der Waals surface area contributed by atoms with Crippen LogP contribution < -0.4 is 10.2 Å². The van der Waals surface area contributed by atoms with Gasteiger partial charge in [-0.2, -0.15) is 0 Å². The van der Waals surface area contributed by atoms with Gasteiger partial charge in [0.2, 0.25) is 17.8 Å². The molecule has 7 nitrogen and oxygen atoms in total. The molecule has 3 atom stereocenters. The predicted octanol–water partition coefficient (Wildman–Crippen LogP) is 3.96. The normalized spacial score (nSPS) is 22.8. The maximum absolute atomic E-state index is 12.5. The van der Waals surface area contributed by atoms with Gasteiger partial charge in [0.05, 0.1) is 6.04 Å². The van der Waals surface area contributed by atoms with Gasteiger partial charge in [-0.25, -0.2) is 9.97 Å². The van der Waals surface area contributed by atoms with Crippen LogP contribution in [0.4, 0.5) is 11.6 Å². The smallest absolute Gasteiger partial charge is 0.224 e. The van der Waals surface area contributed by atoms with Crippen LogP contribution in [0.15, 0.2) is 36.5 Å². The Morgan fingerprint density at radius 3 is 2.53 bits per heavy atom. The molecule has 168 valence electrons. The second kappa shape index (κ2) is 8.73. The Hall–Kier alpha value is -3.22. The molecule has 1 aromatic heterocycles. The van der Waals surface area contributed by atoms with E-state index in [4.69, 9.17) is 0 Å². The lowest BCUT2D eigenvalue weighted by molar-refractivity contribution is -0.128. The number of benzene rings is 1. The van der Waals surface area contributed by atoms with Crippen molar-refractivity contribution in [2.24, 2.45) is 5.92 Å². The highest BCUT2D eigenvalue weighted by molar-refractivity contribution is 5.94. The van der Waals surface area contributed by atoms with Gasteiger partial charge in [-0.05, 0) is 55.2 Å². The fraction of sp³-hybridized carbons (Fsp3) is 0.440. The third-order valence-electron chi connectivity index (χ3n) is 6.76. The van der Waals surface area contributed by atoms with E-state index in [0.29, 0.717) is 12.5 Å². The summed E-state index contributed by atoms with van der Waals surface area (Å²) < 4.78 is 0. The molecule has 2 aliphatic heterocycles. The van der Waals surface area contributed by atoms with Crippen molar-refractivity contribution in [2.45, 2.75) is 53.1 Å². The van der Waals surface area contributed by atoms with Gasteiger partial charge in [0.15, 0.2) is 0 Å². The number of hydrogen-bond donors (Lipinski definition) is 1. The molecule has 1 aromatic carbocycles. The van der Waals surface area contributed by atoms with E-state index in [1.54, 1.807) is 20.0 Å². The van der Waals surface area contributed by atoms with Crippen molar-refractivity contribution in [1.82, 2.24) is 14.9 Å². The van der Waals surface area contributed by atoms with Crippen molar-refractivity contribution in [2.75, 3.05) is 23.3 Å². The average molecular weight is 434 g/mol. The van der Waals surface area contributed by atoms with Crippen LogP contribution in [-0.2, 0) is 9.59 Å². The van der Waals surface area contributed by atoms with Crippen LogP contribution in [0.2, 0.25) is 0 Å². The minimum atomic E-state index is -0.0322. The number of rotatable bonds is 3. The number of aromatic nitrogens is 2. The molecule has 2 aliphatic rings. The lowest BCUT2D eigenvalue weighted by Gasteiger charge is -2.44. The number of carbonyl (C=O) groups excluding carboxylic acids is 2. The van der Waals surface area contributed by atoms with E-state index in [-0.39, 0.29) is 29.8 Å². The maximum Gasteiger partial charge on any atom is 0.224 e. The van der Waals surface area contributed by atoms with Crippen LogP contribution in [0.1, 0.15) is 57.0 Å². The zero-order valence-corrected chi connectivity index (χ0v) is 19.4. The number of nitrogens with zero attached hydrogens (tertiary/aromatic N) is 4. The standard InChI is InChI=1S/C25H31N5O2/c1-15-8-11-26-25(27-15)28-24-16(2)17(3)30(19(5)32)23-7-6-21(14-22(23)24)20-9-12-29(13-10-20)18(4)31/h6-9,11,14,16-17,24H,10,12-13H2,1-5H3,(H,26,27,28)/t16-,17-,24+/m0/s1. The van der Waals surface area contributed by atoms with Crippen molar-refractivity contribution in [1.29, 1.82) is 0 Å². The van der Waals surface area contributed by atoms with Crippen molar-refractivity contribution in [3.63, 3.8) is 0 Å². The van der Waals surface area contributed by atoms with Crippen LogP contribution in [0.3, 0.4) is 0 Å². The number of fused-ring (bicyclic) bond motifs is 1. The molecule has 0 fully saturated rings. The molecule has 0 aliphatic carbocycles. The molecule has 2 aromatic rings. The molecule has 32 heavy (non-hydrogen) atoms. The van der Waals surface area contributed by atoms with Crippen molar-refractivity contribution >= 4 is 29.0 Å². The van der Waals surface area contributed by atoms with Gasteiger partial charge in [0.25, 0.3) is 0 Å². The number of carbonyl (C=O) groups is 2. The molecule has 7 heteroatoms. The summed E-state index contributed by atoms with van der Waals surface area (Å²) in [5.74, 6) is 0.889. The number of aryl methyl sites for hydroxylation is 1. The monoisotopic (exact) mass is 433 g/mol. The van der Waals surface area contributed by atoms with E-state index in [1.165, 1.54) is 5.57 Å². The topological polar surface area (TPSA) is 78.4 Å². The lowest BCUT2D eigenvalue weighted by atomic mass is 9.81. The molecule has 0 saturated carbocycles. The zero-order valence-electron chi connectivity index (χ0n) is 19.4. The molecule has 3 heterocycles. The third kappa shape index (κ3) is 4.11. The molecular formula is C25H31N5O2. The SMILES string of the molecule is CC(=O)N1CC=C(c2ccc3c(c2)[C@H](Nc2nccc(C)n2)[C@@H](C)[C@H](C)N3C(C)=O)CC1. The summed E-state index contributed by atoms with van der Waals surface area (Å²) in [5, 5.41) is 3.54. The molecule has 0 unspecified atom stereocenters. The molecule has 0 radical (unpaired) electrons. The lowest BCUT2D eigenvalue weighted by Crippen LogP contribution is -2.48. The maximum atomic E-state index is 12.5. The van der Waals surface area contributed by atoms with Crippen molar-refractivity contribution in [3.05, 3.63) is 53.4 Å². The second-order valence-electron chi connectivity index (χ2n) is 8.85. The van der Waals surface area contributed by atoms with Crippen molar-refractivity contribution < 1.29 is 9.59 Å². The molecule has 0 bridgehead atoms. The average Bonchev–Trinajstić information content (AvgIpc) is 2.76. The Morgan fingerprint density at radius 1 is 1.12 bits per heavy atom. The third-order valence-corrected chi connectivity index (χ3v) is 6.76.